The van der Waals surface area contributed by atoms with Crippen LogP contribution in [0.5, 0.6) is 5.88 Å². The van der Waals surface area contributed by atoms with E-state index in [-0.39, 0.29) is 17.4 Å². The smallest absolute Gasteiger partial charge is 0.257 e. The second kappa shape index (κ2) is 4.99. The van der Waals surface area contributed by atoms with Crippen molar-refractivity contribution in [3.8, 4) is 5.88 Å². The fourth-order valence-electron chi connectivity index (χ4n) is 2.96. The fraction of sp³-hybridized carbons (Fsp3) is 0.733. The van der Waals surface area contributed by atoms with Crippen LogP contribution >= 0.6 is 0 Å². The average molecular weight is 264 g/mol. The van der Waals surface area contributed by atoms with Crippen LogP contribution in [0.15, 0.2) is 4.79 Å². The summed E-state index contributed by atoms with van der Waals surface area (Å²) in [4.78, 5) is 18.6. The Labute approximate surface area is 114 Å². The summed E-state index contributed by atoms with van der Waals surface area (Å²) in [6.07, 6.45) is 4.39. The van der Waals surface area contributed by atoms with Crippen molar-refractivity contribution >= 4 is 0 Å². The molecule has 1 heterocycles. The molecular weight excluding hydrogens is 240 g/mol. The van der Waals surface area contributed by atoms with Crippen LogP contribution in [0.25, 0.3) is 0 Å². The molecular formula is C15H24N2O2. The van der Waals surface area contributed by atoms with Crippen LogP contribution in [0.3, 0.4) is 0 Å². The van der Waals surface area contributed by atoms with Crippen LogP contribution in [-0.2, 0) is 0 Å². The Morgan fingerprint density at radius 1 is 1.21 bits per heavy atom. The largest absolute Gasteiger partial charge is 0.493 e. The zero-order valence-corrected chi connectivity index (χ0v) is 12.3. The van der Waals surface area contributed by atoms with E-state index in [9.17, 15) is 9.90 Å². The maximum Gasteiger partial charge on any atom is 0.257 e. The molecule has 0 radical (unpaired) electrons. The second-order valence-electron chi connectivity index (χ2n) is 6.81. The number of aromatic hydroxyl groups is 1. The monoisotopic (exact) mass is 264 g/mol. The van der Waals surface area contributed by atoms with Crippen LogP contribution in [0.1, 0.15) is 63.8 Å². The highest BCUT2D eigenvalue weighted by atomic mass is 16.3. The first-order valence-corrected chi connectivity index (χ1v) is 7.09. The molecule has 2 N–H and O–H groups in total. The van der Waals surface area contributed by atoms with Gasteiger partial charge in [0, 0.05) is 5.92 Å². The summed E-state index contributed by atoms with van der Waals surface area (Å²) >= 11 is 0. The predicted molar refractivity (Wildman–Crippen MR) is 75.4 cm³/mol. The van der Waals surface area contributed by atoms with E-state index in [1.54, 1.807) is 6.92 Å². The lowest BCUT2D eigenvalue weighted by Gasteiger charge is -2.36. The van der Waals surface area contributed by atoms with E-state index in [4.69, 9.17) is 0 Å². The van der Waals surface area contributed by atoms with Gasteiger partial charge in [0.05, 0.1) is 5.56 Å². The summed E-state index contributed by atoms with van der Waals surface area (Å²) in [6.45, 7) is 8.45. The summed E-state index contributed by atoms with van der Waals surface area (Å²) in [5, 5.41) is 9.66. The topological polar surface area (TPSA) is 66.0 Å². The van der Waals surface area contributed by atoms with Gasteiger partial charge in [-0.05, 0) is 43.9 Å². The van der Waals surface area contributed by atoms with Gasteiger partial charge in [-0.2, -0.15) is 4.98 Å². The van der Waals surface area contributed by atoms with E-state index in [0.29, 0.717) is 16.8 Å². The Bertz CT molecular complexity index is 506. The Balaban J connectivity index is 2.12. The van der Waals surface area contributed by atoms with E-state index >= 15 is 0 Å². The number of nitrogens with one attached hydrogen (secondary N) is 1. The lowest BCUT2D eigenvalue weighted by Crippen LogP contribution is -2.26. The minimum atomic E-state index is -0.222. The molecule has 0 amide bonds. The normalized spacial score (nSPS) is 24.4. The molecule has 1 aliphatic carbocycles. The first-order chi connectivity index (χ1) is 8.79. The van der Waals surface area contributed by atoms with Crippen molar-refractivity contribution in [2.45, 2.75) is 59.3 Å². The third kappa shape index (κ3) is 2.99. The van der Waals surface area contributed by atoms with Gasteiger partial charge in [-0.1, -0.05) is 20.8 Å². The highest BCUT2D eigenvalue weighted by Crippen LogP contribution is 2.42. The molecule has 4 nitrogen and oxygen atoms in total. The molecule has 0 spiro atoms. The number of aromatic nitrogens is 2. The molecule has 1 aromatic heterocycles. The van der Waals surface area contributed by atoms with Gasteiger partial charge in [0.1, 0.15) is 5.82 Å². The van der Waals surface area contributed by atoms with E-state index in [1.165, 1.54) is 0 Å². The van der Waals surface area contributed by atoms with E-state index in [0.717, 1.165) is 31.6 Å². The van der Waals surface area contributed by atoms with E-state index in [1.807, 2.05) is 0 Å². The van der Waals surface area contributed by atoms with Gasteiger partial charge in [-0.25, -0.2) is 0 Å². The van der Waals surface area contributed by atoms with Gasteiger partial charge in [0.25, 0.3) is 5.56 Å². The average Bonchev–Trinajstić information content (AvgIpc) is 2.34. The van der Waals surface area contributed by atoms with Gasteiger partial charge < -0.3 is 10.1 Å². The number of rotatable bonds is 1. The first-order valence-electron chi connectivity index (χ1n) is 7.09. The lowest BCUT2D eigenvalue weighted by atomic mass is 9.70. The molecule has 19 heavy (non-hydrogen) atoms. The Morgan fingerprint density at radius 2 is 1.79 bits per heavy atom. The molecule has 0 atom stereocenters. The predicted octanol–water partition coefficient (Wildman–Crippen LogP) is 3.10. The molecule has 1 saturated carbocycles. The number of aromatic amines is 1. The molecule has 1 aromatic rings. The summed E-state index contributed by atoms with van der Waals surface area (Å²) in [7, 11) is 0. The van der Waals surface area contributed by atoms with Crippen LogP contribution < -0.4 is 5.56 Å². The van der Waals surface area contributed by atoms with Crippen molar-refractivity contribution in [3.63, 3.8) is 0 Å². The van der Waals surface area contributed by atoms with Crippen LogP contribution in [0.4, 0.5) is 0 Å². The zero-order valence-electron chi connectivity index (χ0n) is 12.3. The van der Waals surface area contributed by atoms with Crippen molar-refractivity contribution in [2.24, 2.45) is 11.3 Å². The SMILES string of the molecule is Cc1c(O)nc(C2CCC(C(C)(C)C)CC2)[nH]c1=O. The molecule has 1 fully saturated rings. The van der Waals surface area contributed by atoms with Gasteiger partial charge in [-0.3, -0.25) is 4.79 Å². The van der Waals surface area contributed by atoms with Crippen molar-refractivity contribution in [3.05, 3.63) is 21.7 Å². The Morgan fingerprint density at radius 3 is 2.26 bits per heavy atom. The molecule has 106 valence electrons. The van der Waals surface area contributed by atoms with Gasteiger partial charge in [0.15, 0.2) is 0 Å². The molecule has 0 bridgehead atoms. The van der Waals surface area contributed by atoms with Crippen LogP contribution in [0.2, 0.25) is 0 Å². The van der Waals surface area contributed by atoms with Crippen molar-refractivity contribution in [1.29, 1.82) is 0 Å². The lowest BCUT2D eigenvalue weighted by molar-refractivity contribution is 0.167. The minimum absolute atomic E-state index is 0.128. The van der Waals surface area contributed by atoms with Crippen molar-refractivity contribution in [2.75, 3.05) is 0 Å². The van der Waals surface area contributed by atoms with Crippen molar-refractivity contribution in [1.82, 2.24) is 9.97 Å². The molecule has 0 unspecified atom stereocenters. The molecule has 0 saturated heterocycles. The number of H-pyrrole nitrogens is 1. The third-order valence-electron chi connectivity index (χ3n) is 4.48. The molecule has 4 heteroatoms. The maximum atomic E-state index is 11.7. The highest BCUT2D eigenvalue weighted by Gasteiger charge is 2.31. The van der Waals surface area contributed by atoms with Gasteiger partial charge in [-0.15, -0.1) is 0 Å². The van der Waals surface area contributed by atoms with Crippen molar-refractivity contribution < 1.29 is 5.11 Å². The highest BCUT2D eigenvalue weighted by molar-refractivity contribution is 5.21. The van der Waals surface area contributed by atoms with E-state index < -0.39 is 0 Å². The number of nitrogens with zero attached hydrogens (tertiary/aromatic N) is 1. The standard InChI is InChI=1S/C15H24N2O2/c1-9-13(18)16-12(17-14(9)19)10-5-7-11(8-6-10)15(2,3)4/h10-11H,5-8H2,1-4H3,(H2,16,17,18,19). The maximum absolute atomic E-state index is 11.7. The van der Waals surface area contributed by atoms with Gasteiger partial charge in [0.2, 0.25) is 5.88 Å². The zero-order chi connectivity index (χ0) is 14.2. The van der Waals surface area contributed by atoms with Crippen LogP contribution in [-0.4, -0.2) is 15.1 Å². The summed E-state index contributed by atoms with van der Waals surface area (Å²) in [5.74, 6) is 1.53. The summed E-state index contributed by atoms with van der Waals surface area (Å²) < 4.78 is 0. The summed E-state index contributed by atoms with van der Waals surface area (Å²) in [6, 6.07) is 0. The Kier molecular flexibility index (Phi) is 3.70. The third-order valence-corrected chi connectivity index (χ3v) is 4.48. The Hall–Kier alpha value is -1.32. The molecule has 0 aromatic carbocycles. The van der Waals surface area contributed by atoms with Crippen LogP contribution in [0, 0.1) is 18.3 Å². The molecule has 0 aliphatic heterocycles. The second-order valence-corrected chi connectivity index (χ2v) is 6.81. The van der Waals surface area contributed by atoms with Gasteiger partial charge >= 0.3 is 0 Å². The molecule has 2 rings (SSSR count). The number of hydrogen-bond acceptors (Lipinski definition) is 3. The quantitative estimate of drug-likeness (QED) is 0.819. The van der Waals surface area contributed by atoms with E-state index in [2.05, 4.69) is 30.7 Å². The minimum Gasteiger partial charge on any atom is -0.493 e. The first kappa shape index (κ1) is 14.1. The molecule has 1 aliphatic rings. The number of hydrogen-bond donors (Lipinski definition) is 2. The fourth-order valence-corrected chi connectivity index (χ4v) is 2.96. The summed E-state index contributed by atoms with van der Waals surface area (Å²) in [5.41, 5.74) is 0.425.